The van der Waals surface area contributed by atoms with E-state index in [9.17, 15) is 14.7 Å². The van der Waals surface area contributed by atoms with Gasteiger partial charge in [-0.25, -0.2) is 9.78 Å². The summed E-state index contributed by atoms with van der Waals surface area (Å²) in [5.41, 5.74) is 1.44. The van der Waals surface area contributed by atoms with Gasteiger partial charge in [0.05, 0.1) is 21.6 Å². The maximum absolute atomic E-state index is 12.1. The number of benzene rings is 1. The van der Waals surface area contributed by atoms with Crippen molar-refractivity contribution < 1.29 is 14.7 Å². The van der Waals surface area contributed by atoms with Crippen LogP contribution in [0, 0.1) is 0 Å². The first-order chi connectivity index (χ1) is 10.4. The molecule has 1 aliphatic carbocycles. The zero-order valence-electron chi connectivity index (χ0n) is 12.3. The number of aromatic nitrogens is 2. The second-order valence-corrected chi connectivity index (χ2v) is 6.20. The number of nitrogens with zero attached hydrogens (tertiary/aromatic N) is 2. The molecule has 6 nitrogen and oxygen atoms in total. The van der Waals surface area contributed by atoms with E-state index >= 15 is 0 Å². The lowest BCUT2D eigenvalue weighted by Crippen LogP contribution is -2.30. The van der Waals surface area contributed by atoms with Crippen LogP contribution in [0.1, 0.15) is 53.7 Å². The van der Waals surface area contributed by atoms with E-state index < -0.39 is 5.97 Å². The van der Waals surface area contributed by atoms with E-state index in [4.69, 9.17) is 11.6 Å². The van der Waals surface area contributed by atoms with Crippen molar-refractivity contribution in [3.8, 4) is 0 Å². The Morgan fingerprint density at radius 3 is 2.64 bits per heavy atom. The van der Waals surface area contributed by atoms with E-state index in [1.54, 1.807) is 16.7 Å². The maximum Gasteiger partial charge on any atom is 0.372 e. The van der Waals surface area contributed by atoms with Gasteiger partial charge in [0.2, 0.25) is 5.82 Å². The number of fused-ring (bicyclic) bond motifs is 1. The smallest absolute Gasteiger partial charge is 0.372 e. The van der Waals surface area contributed by atoms with Crippen LogP contribution in [0.2, 0.25) is 5.02 Å². The molecule has 3 rings (SSSR count). The third kappa shape index (κ3) is 2.54. The van der Waals surface area contributed by atoms with Gasteiger partial charge in [0.25, 0.3) is 5.91 Å². The topological polar surface area (TPSA) is 84.2 Å². The summed E-state index contributed by atoms with van der Waals surface area (Å²) in [5.74, 6) is -1.37. The fraction of sp³-hybridized carbons (Fsp3) is 0.400. The lowest BCUT2D eigenvalue weighted by Gasteiger charge is -2.10. The second kappa shape index (κ2) is 5.28. The van der Waals surface area contributed by atoms with Gasteiger partial charge >= 0.3 is 5.97 Å². The summed E-state index contributed by atoms with van der Waals surface area (Å²) in [6.45, 7) is 3.71. The summed E-state index contributed by atoms with van der Waals surface area (Å²) in [5, 5.41) is 12.4. The molecule has 1 aliphatic rings. The largest absolute Gasteiger partial charge is 0.475 e. The van der Waals surface area contributed by atoms with Crippen molar-refractivity contribution in [2.45, 2.75) is 38.8 Å². The average molecular weight is 322 g/mol. The number of amides is 1. The molecule has 0 saturated heterocycles. The van der Waals surface area contributed by atoms with Gasteiger partial charge in [-0.1, -0.05) is 11.6 Å². The number of nitrogens with one attached hydrogen (secondary N) is 1. The Bertz CT molecular complexity index is 778. The molecule has 116 valence electrons. The number of carbonyl (C=O) groups excluding carboxylic acids is 1. The Balaban J connectivity index is 2.14. The molecule has 0 unspecified atom stereocenters. The average Bonchev–Trinajstić information content (AvgIpc) is 3.18. The quantitative estimate of drug-likeness (QED) is 0.907. The second-order valence-electron chi connectivity index (χ2n) is 5.79. The first-order valence-electron chi connectivity index (χ1n) is 7.14. The lowest BCUT2D eigenvalue weighted by atomic mass is 10.1. The Labute approximate surface area is 132 Å². The molecule has 0 aliphatic heterocycles. The van der Waals surface area contributed by atoms with Gasteiger partial charge in [0, 0.05) is 12.1 Å². The fourth-order valence-corrected chi connectivity index (χ4v) is 2.73. The number of aromatic carboxylic acids is 1. The molecule has 1 heterocycles. The van der Waals surface area contributed by atoms with Gasteiger partial charge in [-0.3, -0.25) is 4.79 Å². The highest BCUT2D eigenvalue weighted by Crippen LogP contribution is 2.39. The summed E-state index contributed by atoms with van der Waals surface area (Å²) in [7, 11) is 0. The molecule has 0 radical (unpaired) electrons. The summed E-state index contributed by atoms with van der Waals surface area (Å²) >= 11 is 6.22. The monoisotopic (exact) mass is 321 g/mol. The highest BCUT2D eigenvalue weighted by atomic mass is 35.5. The summed E-state index contributed by atoms with van der Waals surface area (Å²) in [4.78, 5) is 27.7. The standard InChI is InChI=1S/C15H16ClN3O3/c1-7(2)17-14(20)9-5-11-12(6-10(9)16)19(8-3-4-8)13(18-11)15(21)22/h5-8H,3-4H2,1-2H3,(H,17,20)(H,21,22). The number of carboxylic acids is 1. The predicted octanol–water partition coefficient (Wildman–Crippen LogP) is 2.86. The summed E-state index contributed by atoms with van der Waals surface area (Å²) < 4.78 is 1.70. The minimum Gasteiger partial charge on any atom is -0.475 e. The minimum absolute atomic E-state index is 0.00464. The Hall–Kier alpha value is -2.08. The molecule has 1 amide bonds. The van der Waals surface area contributed by atoms with Gasteiger partial charge < -0.3 is 15.0 Å². The van der Waals surface area contributed by atoms with Crippen molar-refractivity contribution in [1.29, 1.82) is 0 Å². The first kappa shape index (κ1) is 14.8. The van der Waals surface area contributed by atoms with Gasteiger partial charge in [-0.2, -0.15) is 0 Å². The molecule has 0 bridgehead atoms. The van der Waals surface area contributed by atoms with E-state index in [0.29, 0.717) is 21.6 Å². The zero-order chi connectivity index (χ0) is 16.0. The van der Waals surface area contributed by atoms with Crippen molar-refractivity contribution in [3.05, 3.63) is 28.5 Å². The maximum atomic E-state index is 12.1. The van der Waals surface area contributed by atoms with Crippen molar-refractivity contribution >= 4 is 34.5 Å². The van der Waals surface area contributed by atoms with Crippen LogP contribution in [0.25, 0.3) is 11.0 Å². The third-order valence-electron chi connectivity index (χ3n) is 3.55. The van der Waals surface area contributed by atoms with Gasteiger partial charge in [-0.05, 0) is 38.8 Å². The molecular formula is C15H16ClN3O3. The van der Waals surface area contributed by atoms with E-state index in [2.05, 4.69) is 10.3 Å². The molecule has 2 aromatic rings. The highest BCUT2D eigenvalue weighted by molar-refractivity contribution is 6.34. The van der Waals surface area contributed by atoms with Gasteiger partial charge in [0.15, 0.2) is 0 Å². The normalized spacial score (nSPS) is 14.5. The van der Waals surface area contributed by atoms with Crippen LogP contribution < -0.4 is 5.32 Å². The molecule has 0 spiro atoms. The molecule has 1 saturated carbocycles. The van der Waals surface area contributed by atoms with Crippen LogP contribution in [0.15, 0.2) is 12.1 Å². The molecule has 22 heavy (non-hydrogen) atoms. The molecule has 0 atom stereocenters. The predicted molar refractivity (Wildman–Crippen MR) is 82.6 cm³/mol. The SMILES string of the molecule is CC(C)NC(=O)c1cc2nc(C(=O)O)n(C3CC3)c2cc1Cl. The lowest BCUT2D eigenvalue weighted by molar-refractivity contribution is 0.0678. The Morgan fingerprint density at radius 1 is 1.41 bits per heavy atom. The van der Waals surface area contributed by atoms with Crippen molar-refractivity contribution in [2.75, 3.05) is 0 Å². The van der Waals surface area contributed by atoms with E-state index in [-0.39, 0.29) is 23.8 Å². The summed E-state index contributed by atoms with van der Waals surface area (Å²) in [6.07, 6.45) is 1.86. The van der Waals surface area contributed by atoms with Gasteiger partial charge in [0.1, 0.15) is 0 Å². The molecule has 1 fully saturated rings. The molecule has 7 heteroatoms. The Kier molecular flexibility index (Phi) is 3.56. The summed E-state index contributed by atoms with van der Waals surface area (Å²) in [6, 6.07) is 3.32. The number of carboxylic acid groups (broad SMARTS) is 1. The molecule has 1 aromatic heterocycles. The van der Waals surface area contributed by atoms with Crippen LogP contribution in [0.4, 0.5) is 0 Å². The van der Waals surface area contributed by atoms with E-state index in [1.165, 1.54) is 0 Å². The van der Waals surface area contributed by atoms with E-state index in [1.807, 2.05) is 13.8 Å². The van der Waals surface area contributed by atoms with Crippen LogP contribution >= 0.6 is 11.6 Å². The molecular weight excluding hydrogens is 306 g/mol. The van der Waals surface area contributed by atoms with Gasteiger partial charge in [-0.15, -0.1) is 0 Å². The van der Waals surface area contributed by atoms with E-state index in [0.717, 1.165) is 12.8 Å². The number of carbonyl (C=O) groups is 2. The first-order valence-corrected chi connectivity index (χ1v) is 7.52. The highest BCUT2D eigenvalue weighted by Gasteiger charge is 2.31. The Morgan fingerprint density at radius 2 is 2.09 bits per heavy atom. The third-order valence-corrected chi connectivity index (χ3v) is 3.86. The van der Waals surface area contributed by atoms with Crippen molar-refractivity contribution in [2.24, 2.45) is 0 Å². The number of halogens is 1. The van der Waals surface area contributed by atoms with Crippen LogP contribution in [-0.4, -0.2) is 32.6 Å². The zero-order valence-corrected chi connectivity index (χ0v) is 13.0. The number of rotatable bonds is 4. The van der Waals surface area contributed by atoms with Crippen LogP contribution in [0.5, 0.6) is 0 Å². The van der Waals surface area contributed by atoms with Crippen molar-refractivity contribution in [1.82, 2.24) is 14.9 Å². The number of imidazole rings is 1. The molecule has 2 N–H and O–H groups in total. The van der Waals surface area contributed by atoms with Crippen molar-refractivity contribution in [3.63, 3.8) is 0 Å². The number of hydrogen-bond acceptors (Lipinski definition) is 3. The molecule has 1 aromatic carbocycles. The minimum atomic E-state index is -1.08. The van der Waals surface area contributed by atoms with Crippen LogP contribution in [0.3, 0.4) is 0 Å². The van der Waals surface area contributed by atoms with Crippen LogP contribution in [-0.2, 0) is 0 Å². The number of hydrogen-bond donors (Lipinski definition) is 2. The fourth-order valence-electron chi connectivity index (χ4n) is 2.48.